The van der Waals surface area contributed by atoms with E-state index in [-0.39, 0.29) is 6.54 Å². The van der Waals surface area contributed by atoms with Gasteiger partial charge in [-0.2, -0.15) is 0 Å². The van der Waals surface area contributed by atoms with E-state index >= 15 is 0 Å². The minimum absolute atomic E-state index is 0.153. The summed E-state index contributed by atoms with van der Waals surface area (Å²) in [5, 5.41) is 9.46. The Morgan fingerprint density at radius 2 is 2.22 bits per heavy atom. The van der Waals surface area contributed by atoms with E-state index in [0.717, 1.165) is 4.31 Å². The molecule has 1 amide bonds. The molecule has 0 saturated carbocycles. The van der Waals surface area contributed by atoms with Crippen molar-refractivity contribution in [1.82, 2.24) is 9.03 Å². The second-order valence-electron chi connectivity index (χ2n) is 5.34. The standard InChI is InChI=1S/C12H17BN4O5S/c14-5-10(18)16-23(21,22)17-6-9(8-2-1-3-13-4-8)12(15,7-17)11(19)20/h1-4,9H,5-7,14-15H2,(H,16,18)(H,19,20). The Hall–Kier alpha value is -1.82. The molecule has 0 radical (unpaired) electrons. The van der Waals surface area contributed by atoms with Crippen molar-refractivity contribution in [1.29, 1.82) is 0 Å². The van der Waals surface area contributed by atoms with Crippen LogP contribution in [0.15, 0.2) is 24.1 Å². The Morgan fingerprint density at radius 3 is 2.74 bits per heavy atom. The summed E-state index contributed by atoms with van der Waals surface area (Å²) in [5.41, 5.74) is 9.89. The third-order valence-electron chi connectivity index (χ3n) is 3.81. The summed E-state index contributed by atoms with van der Waals surface area (Å²) in [6, 6.07) is 3.40. The Kier molecular flexibility index (Phi) is 4.85. The fourth-order valence-electron chi connectivity index (χ4n) is 2.57. The van der Waals surface area contributed by atoms with Gasteiger partial charge in [-0.3, -0.25) is 0 Å². The van der Waals surface area contributed by atoms with E-state index in [1.54, 1.807) is 35.7 Å². The molecule has 0 spiro atoms. The van der Waals surface area contributed by atoms with Gasteiger partial charge in [0.05, 0.1) is 0 Å². The number of nitrogens with zero attached hydrogens (tertiary/aromatic N) is 1. The zero-order chi connectivity index (χ0) is 17.3. The van der Waals surface area contributed by atoms with Crippen LogP contribution in [0.1, 0.15) is 11.5 Å². The van der Waals surface area contributed by atoms with Gasteiger partial charge in [0.25, 0.3) is 0 Å². The molecule has 1 aromatic rings. The summed E-state index contributed by atoms with van der Waals surface area (Å²) < 4.78 is 27.0. The molecule has 0 bridgehead atoms. The van der Waals surface area contributed by atoms with E-state index in [0.29, 0.717) is 5.56 Å². The van der Waals surface area contributed by atoms with Crippen LogP contribution in [-0.4, -0.2) is 61.8 Å². The minimum atomic E-state index is -4.21. The first-order valence-corrected chi connectivity index (χ1v) is 8.22. The molecule has 0 aromatic carbocycles. The maximum atomic E-state index is 12.2. The molecule has 1 fully saturated rings. The topological polar surface area (TPSA) is 156 Å². The summed E-state index contributed by atoms with van der Waals surface area (Å²) in [7, 11) is -4.21. The van der Waals surface area contributed by atoms with Gasteiger partial charge in [-0.05, 0) is 0 Å². The average molecular weight is 340 g/mol. The molecule has 1 saturated heterocycles. The molecule has 9 nitrogen and oxygen atoms in total. The third kappa shape index (κ3) is 3.42. The molecule has 124 valence electrons. The molecule has 2 heterocycles. The molecule has 23 heavy (non-hydrogen) atoms. The molecule has 2 rings (SSSR count). The fraction of sp³-hybridized carbons (Fsp3) is 0.417. The third-order valence-corrected chi connectivity index (χ3v) is 5.26. The number of carbonyl (C=O) groups excluding carboxylic acids is 1. The van der Waals surface area contributed by atoms with Gasteiger partial charge in [0, 0.05) is 0 Å². The van der Waals surface area contributed by atoms with Gasteiger partial charge in [0.2, 0.25) is 0 Å². The van der Waals surface area contributed by atoms with Crippen LogP contribution in [0.25, 0.3) is 0 Å². The average Bonchev–Trinajstić information content (AvgIpc) is 2.88. The van der Waals surface area contributed by atoms with Crippen LogP contribution in [0.4, 0.5) is 0 Å². The van der Waals surface area contributed by atoms with Crippen molar-refractivity contribution in [2.24, 2.45) is 11.5 Å². The Balaban J connectivity index is 2.35. The molecule has 0 aliphatic carbocycles. The second kappa shape index (κ2) is 6.36. The Bertz CT molecular complexity index is 713. The number of amides is 1. The molecule has 2 unspecified atom stereocenters. The number of carboxylic acid groups (broad SMARTS) is 1. The maximum absolute atomic E-state index is 12.2. The van der Waals surface area contributed by atoms with Crippen LogP contribution >= 0.6 is 0 Å². The van der Waals surface area contributed by atoms with Crippen LogP contribution < -0.4 is 16.2 Å². The summed E-state index contributed by atoms with van der Waals surface area (Å²) >= 11 is 0. The van der Waals surface area contributed by atoms with Gasteiger partial charge in [-0.25, -0.2) is 0 Å². The summed E-state index contributed by atoms with van der Waals surface area (Å²) in [6.45, 7) is 0.613. The predicted octanol–water partition coefficient (Wildman–Crippen LogP) is -2.47. The number of hydrogen-bond acceptors (Lipinski definition) is 6. The van der Waals surface area contributed by atoms with E-state index in [1.807, 2.05) is 0 Å². The first-order valence-electron chi connectivity index (χ1n) is 6.78. The molecule has 1 aliphatic rings. The monoisotopic (exact) mass is 340 g/mol. The van der Waals surface area contributed by atoms with Gasteiger partial charge >= 0.3 is 133 Å². The predicted molar refractivity (Wildman–Crippen MR) is 82.8 cm³/mol. The van der Waals surface area contributed by atoms with Crippen LogP contribution in [0.2, 0.25) is 0 Å². The second-order valence-corrected chi connectivity index (χ2v) is 7.01. The van der Waals surface area contributed by atoms with Crippen molar-refractivity contribution in [3.8, 4) is 0 Å². The van der Waals surface area contributed by atoms with Gasteiger partial charge in [0.1, 0.15) is 0 Å². The summed E-state index contributed by atoms with van der Waals surface area (Å²) in [5.74, 6) is 0.503. The van der Waals surface area contributed by atoms with Gasteiger partial charge in [-0.15, -0.1) is 0 Å². The molecule has 2 atom stereocenters. The van der Waals surface area contributed by atoms with Crippen LogP contribution in [0.3, 0.4) is 0 Å². The van der Waals surface area contributed by atoms with Crippen molar-refractivity contribution in [3.05, 3.63) is 29.6 Å². The first kappa shape index (κ1) is 17.5. The number of rotatable bonds is 5. The number of carbonyl (C=O) groups is 2. The SMILES string of the molecule is NCC(=O)NS(=O)(=O)N1CC(c2cbccc2)C(N)(C(=O)O)C1. The van der Waals surface area contributed by atoms with Crippen LogP contribution in [0.5, 0.6) is 0 Å². The molecular weight excluding hydrogens is 323 g/mol. The number of carboxylic acids is 1. The molecule has 11 heteroatoms. The zero-order valence-electron chi connectivity index (χ0n) is 12.2. The van der Waals surface area contributed by atoms with Crippen LogP contribution in [-0.2, 0) is 19.8 Å². The summed E-state index contributed by atoms with van der Waals surface area (Å²) in [6.07, 6.45) is 0. The quantitative estimate of drug-likeness (QED) is 0.462. The van der Waals surface area contributed by atoms with E-state index in [9.17, 15) is 23.1 Å². The number of nitrogens with one attached hydrogen (secondary N) is 1. The number of aliphatic carboxylic acids is 1. The van der Waals surface area contributed by atoms with Crippen molar-refractivity contribution in [2.75, 3.05) is 19.6 Å². The van der Waals surface area contributed by atoms with Gasteiger partial charge in [0.15, 0.2) is 0 Å². The van der Waals surface area contributed by atoms with E-state index in [4.69, 9.17) is 11.5 Å². The van der Waals surface area contributed by atoms with Crippen molar-refractivity contribution < 1.29 is 23.1 Å². The Labute approximate surface area is 134 Å². The Morgan fingerprint density at radius 1 is 1.52 bits per heavy atom. The van der Waals surface area contributed by atoms with E-state index < -0.39 is 46.6 Å². The summed E-state index contributed by atoms with van der Waals surface area (Å²) in [4.78, 5) is 22.8. The fourth-order valence-corrected chi connectivity index (χ4v) is 3.80. The van der Waals surface area contributed by atoms with Crippen molar-refractivity contribution in [3.63, 3.8) is 0 Å². The van der Waals surface area contributed by atoms with Gasteiger partial charge < -0.3 is 0 Å². The molecule has 1 aliphatic heterocycles. The zero-order valence-corrected chi connectivity index (χ0v) is 13.0. The van der Waals surface area contributed by atoms with Crippen molar-refractivity contribution >= 4 is 29.0 Å². The van der Waals surface area contributed by atoms with Gasteiger partial charge in [-0.1, -0.05) is 0 Å². The number of hydrogen-bond donors (Lipinski definition) is 4. The van der Waals surface area contributed by atoms with Crippen LogP contribution in [0, 0.1) is 0 Å². The first-order chi connectivity index (χ1) is 10.7. The number of nitrogens with two attached hydrogens (primary N) is 2. The van der Waals surface area contributed by atoms with E-state index in [2.05, 4.69) is 0 Å². The van der Waals surface area contributed by atoms with E-state index in [1.165, 1.54) is 0 Å². The van der Waals surface area contributed by atoms with Crippen molar-refractivity contribution in [2.45, 2.75) is 11.5 Å². The normalized spacial score (nSPS) is 25.0. The molecular formula is C12H17BN4O5S. The molecule has 1 aromatic heterocycles. The molecule has 6 N–H and O–H groups in total.